The molecule has 0 spiro atoms. The van der Waals surface area contributed by atoms with Crippen molar-refractivity contribution in [1.82, 2.24) is 24.1 Å². The summed E-state index contributed by atoms with van der Waals surface area (Å²) in [5.41, 5.74) is 2.34. The van der Waals surface area contributed by atoms with Crippen molar-refractivity contribution in [1.29, 1.82) is 0 Å². The van der Waals surface area contributed by atoms with Crippen LogP contribution in [0.15, 0.2) is 30.6 Å². The summed E-state index contributed by atoms with van der Waals surface area (Å²) in [6, 6.07) is 8.35. The van der Waals surface area contributed by atoms with Crippen molar-refractivity contribution in [3.8, 4) is 0 Å². The van der Waals surface area contributed by atoms with Gasteiger partial charge in [-0.05, 0) is 89.6 Å². The fourth-order valence-electron chi connectivity index (χ4n) is 6.66. The van der Waals surface area contributed by atoms with E-state index >= 15 is 0 Å². The van der Waals surface area contributed by atoms with Gasteiger partial charge < -0.3 is 19.9 Å². The number of benzene rings is 1. The molecule has 10 nitrogen and oxygen atoms in total. The quantitative estimate of drug-likeness (QED) is 0.430. The Morgan fingerprint density at radius 2 is 1.74 bits per heavy atom. The lowest BCUT2D eigenvalue weighted by atomic mass is 9.97. The van der Waals surface area contributed by atoms with E-state index in [1.165, 1.54) is 6.33 Å². The maximum atomic E-state index is 13.5. The monoisotopic (exact) mass is 632 g/mol. The average Bonchev–Trinajstić information content (AvgIpc) is 3.04. The van der Waals surface area contributed by atoms with Gasteiger partial charge >= 0.3 is 0 Å². The van der Waals surface area contributed by atoms with Gasteiger partial charge in [0.05, 0.1) is 18.0 Å². The second-order valence-corrected chi connectivity index (χ2v) is 14.8. The molecule has 4 heterocycles. The largest absolute Gasteiger partial charge is 0.368 e. The summed E-state index contributed by atoms with van der Waals surface area (Å²) in [4.78, 5) is 26.7. The number of ether oxygens (including phenoxy) is 1. The number of piperidine rings is 2. The highest BCUT2D eigenvalue weighted by Crippen LogP contribution is 2.32. The number of amides is 1. The topological polar surface area (TPSA) is 108 Å². The number of halogens is 1. The van der Waals surface area contributed by atoms with Gasteiger partial charge in [0.25, 0.3) is 5.91 Å². The zero-order chi connectivity index (χ0) is 30.6. The van der Waals surface area contributed by atoms with Gasteiger partial charge in [0.15, 0.2) is 0 Å². The van der Waals surface area contributed by atoms with Crippen LogP contribution in [0.4, 0.5) is 5.82 Å². The van der Waals surface area contributed by atoms with E-state index in [4.69, 9.17) is 16.3 Å². The van der Waals surface area contributed by atoms with E-state index in [0.717, 1.165) is 74.2 Å². The molecule has 3 aliphatic rings. The van der Waals surface area contributed by atoms with Crippen molar-refractivity contribution >= 4 is 33.3 Å². The molecular weight excluding hydrogens is 588 g/mol. The molecule has 43 heavy (non-hydrogen) atoms. The summed E-state index contributed by atoms with van der Waals surface area (Å²) < 4.78 is 32.5. The van der Waals surface area contributed by atoms with Crippen LogP contribution in [0.5, 0.6) is 0 Å². The number of anilines is 1. The van der Waals surface area contributed by atoms with Gasteiger partial charge in [0.1, 0.15) is 17.8 Å². The van der Waals surface area contributed by atoms with E-state index in [0.29, 0.717) is 37.2 Å². The van der Waals surface area contributed by atoms with E-state index in [1.807, 2.05) is 36.1 Å². The third kappa shape index (κ3) is 7.68. The Hall–Kier alpha value is -2.31. The molecule has 5 rings (SSSR count). The van der Waals surface area contributed by atoms with Crippen LogP contribution in [0, 0.1) is 6.92 Å². The second kappa shape index (κ2) is 14.2. The number of nitrogens with zero attached hydrogens (tertiary/aromatic N) is 5. The van der Waals surface area contributed by atoms with E-state index in [-0.39, 0.29) is 29.9 Å². The molecule has 0 saturated carbocycles. The van der Waals surface area contributed by atoms with E-state index in [1.54, 1.807) is 18.3 Å². The van der Waals surface area contributed by atoms with Crippen molar-refractivity contribution in [2.75, 3.05) is 50.8 Å². The number of nitrogens with one attached hydrogen (secondary N) is 1. The minimum atomic E-state index is -3.17. The van der Waals surface area contributed by atoms with E-state index < -0.39 is 10.0 Å². The van der Waals surface area contributed by atoms with Crippen LogP contribution in [0.1, 0.15) is 79.6 Å². The SMILES string of the molecule is CCS(=O)(=O)N(C)C1CCN(C2CCN(C(=O)c3ncnc(NC[C@H]4CCC[C@@H](c5ccc(Cl)cc5)O4)c3C)CC2)CC1. The van der Waals surface area contributed by atoms with Gasteiger partial charge in [0.2, 0.25) is 10.0 Å². The molecule has 2 aromatic rings. The molecule has 0 aliphatic carbocycles. The Labute approximate surface area is 261 Å². The third-order valence-electron chi connectivity index (χ3n) is 9.46. The molecule has 1 amide bonds. The highest BCUT2D eigenvalue weighted by molar-refractivity contribution is 7.89. The number of carbonyl (C=O) groups is 1. The summed E-state index contributed by atoms with van der Waals surface area (Å²) >= 11 is 6.05. The van der Waals surface area contributed by atoms with Crippen molar-refractivity contribution < 1.29 is 17.9 Å². The predicted molar refractivity (Wildman–Crippen MR) is 169 cm³/mol. The number of aromatic nitrogens is 2. The Kier molecular flexibility index (Phi) is 10.6. The van der Waals surface area contributed by atoms with Gasteiger partial charge in [-0.1, -0.05) is 23.7 Å². The van der Waals surface area contributed by atoms with Gasteiger partial charge in [0, 0.05) is 49.4 Å². The van der Waals surface area contributed by atoms with Crippen molar-refractivity contribution in [3.05, 3.63) is 52.4 Å². The summed E-state index contributed by atoms with van der Waals surface area (Å²) in [5.74, 6) is 0.756. The van der Waals surface area contributed by atoms with Crippen LogP contribution in [0.2, 0.25) is 5.02 Å². The first-order valence-corrected chi connectivity index (χ1v) is 17.6. The number of sulfonamides is 1. The number of hydrogen-bond donors (Lipinski definition) is 1. The lowest BCUT2D eigenvalue weighted by Crippen LogP contribution is -2.52. The van der Waals surface area contributed by atoms with Crippen LogP contribution in [-0.4, -0.2) is 102 Å². The van der Waals surface area contributed by atoms with Crippen LogP contribution in [-0.2, 0) is 14.8 Å². The fraction of sp³-hybridized carbons (Fsp3) is 0.645. The Morgan fingerprint density at radius 3 is 2.42 bits per heavy atom. The molecule has 236 valence electrons. The third-order valence-corrected chi connectivity index (χ3v) is 11.6. The number of hydrogen-bond acceptors (Lipinski definition) is 8. The molecule has 3 aliphatic heterocycles. The average molecular weight is 633 g/mol. The summed E-state index contributed by atoms with van der Waals surface area (Å²) in [7, 11) is -1.46. The highest BCUT2D eigenvalue weighted by Gasteiger charge is 2.34. The first-order chi connectivity index (χ1) is 20.7. The van der Waals surface area contributed by atoms with Crippen LogP contribution < -0.4 is 5.32 Å². The van der Waals surface area contributed by atoms with Gasteiger partial charge in [-0.25, -0.2) is 22.7 Å². The van der Waals surface area contributed by atoms with Crippen molar-refractivity contribution in [2.45, 2.75) is 83.1 Å². The van der Waals surface area contributed by atoms with Crippen LogP contribution in [0.3, 0.4) is 0 Å². The molecule has 3 saturated heterocycles. The normalized spacial score (nSPS) is 23.0. The molecule has 3 fully saturated rings. The lowest BCUT2D eigenvalue weighted by Gasteiger charge is -2.43. The lowest BCUT2D eigenvalue weighted by molar-refractivity contribution is -0.0442. The van der Waals surface area contributed by atoms with Crippen molar-refractivity contribution in [3.63, 3.8) is 0 Å². The smallest absolute Gasteiger partial charge is 0.272 e. The predicted octanol–water partition coefficient (Wildman–Crippen LogP) is 4.51. The standard InChI is InChI=1S/C31H45ClN6O4S/c1-4-43(40,41)36(3)25-12-16-37(17-13-25)26-14-18-38(19-15-26)31(39)29-22(2)30(35-21-34-29)33-20-27-6-5-7-28(42-27)23-8-10-24(32)11-9-23/h8-11,21,25-28H,4-7,12-20H2,1-3H3,(H,33,34,35)/t27-,28+/m1/s1. The first kappa shape index (κ1) is 32.1. The van der Waals surface area contributed by atoms with Crippen LogP contribution in [0.25, 0.3) is 0 Å². The molecule has 1 aromatic carbocycles. The Morgan fingerprint density at radius 1 is 1.05 bits per heavy atom. The van der Waals surface area contributed by atoms with Gasteiger partial charge in [-0.3, -0.25) is 4.79 Å². The fourth-order valence-corrected chi connectivity index (χ4v) is 7.85. The first-order valence-electron chi connectivity index (χ1n) is 15.6. The Balaban J connectivity index is 1.11. The maximum absolute atomic E-state index is 13.5. The molecule has 1 N–H and O–H groups in total. The minimum absolute atomic E-state index is 0.0449. The molecule has 0 radical (unpaired) electrons. The summed E-state index contributed by atoms with van der Waals surface area (Å²) in [6.07, 6.45) is 8.10. The van der Waals surface area contributed by atoms with E-state index in [9.17, 15) is 13.2 Å². The number of likely N-dealkylation sites (tertiary alicyclic amines) is 2. The zero-order valence-corrected chi connectivity index (χ0v) is 27.1. The number of rotatable bonds is 9. The van der Waals surface area contributed by atoms with Gasteiger partial charge in [-0.15, -0.1) is 0 Å². The molecular formula is C31H45ClN6O4S. The summed E-state index contributed by atoms with van der Waals surface area (Å²) in [5, 5.41) is 4.14. The molecule has 12 heteroatoms. The minimum Gasteiger partial charge on any atom is -0.368 e. The second-order valence-electron chi connectivity index (χ2n) is 12.0. The highest BCUT2D eigenvalue weighted by atomic mass is 35.5. The number of carbonyl (C=O) groups excluding carboxylic acids is 1. The molecule has 0 unspecified atom stereocenters. The molecule has 0 bridgehead atoms. The zero-order valence-electron chi connectivity index (χ0n) is 25.5. The van der Waals surface area contributed by atoms with Crippen molar-refractivity contribution in [2.24, 2.45) is 0 Å². The van der Waals surface area contributed by atoms with Gasteiger partial charge in [-0.2, -0.15) is 0 Å². The van der Waals surface area contributed by atoms with Crippen LogP contribution >= 0.6 is 11.6 Å². The Bertz CT molecular complexity index is 1340. The molecule has 2 atom stereocenters. The summed E-state index contributed by atoms with van der Waals surface area (Å²) in [6.45, 7) is 7.35. The van der Waals surface area contributed by atoms with E-state index in [2.05, 4.69) is 20.2 Å². The maximum Gasteiger partial charge on any atom is 0.272 e. The molecule has 1 aromatic heterocycles.